The zero-order chi connectivity index (χ0) is 22.5. The van der Waals surface area contributed by atoms with Gasteiger partial charge < -0.3 is 20.3 Å². The van der Waals surface area contributed by atoms with Crippen molar-refractivity contribution in [2.45, 2.75) is 101 Å². The molecule has 2 aliphatic carbocycles. The SMILES string of the molecule is CC(C)CN1C(=O)[C@@H]2[C@@H](C(=O)NC3CCCCC3)[C@H]3C=C[C@@]2(O3)[C@@H]1C(=O)NC1CCCC1. The summed E-state index contributed by atoms with van der Waals surface area (Å²) in [6, 6.07) is -0.362. The van der Waals surface area contributed by atoms with Crippen LogP contribution in [-0.2, 0) is 19.1 Å². The number of ether oxygens (including phenoxy) is 1. The van der Waals surface area contributed by atoms with E-state index >= 15 is 0 Å². The normalized spacial score (nSPS) is 36.8. The average Bonchev–Trinajstić information content (AvgIpc) is 3.51. The second kappa shape index (κ2) is 8.47. The van der Waals surface area contributed by atoms with Crippen molar-refractivity contribution in [3.05, 3.63) is 12.2 Å². The lowest BCUT2D eigenvalue weighted by atomic mass is 9.74. The van der Waals surface area contributed by atoms with Crippen LogP contribution in [0.4, 0.5) is 0 Å². The molecule has 2 N–H and O–H groups in total. The molecule has 1 spiro atoms. The number of hydrogen-bond donors (Lipinski definition) is 2. The van der Waals surface area contributed by atoms with Crippen LogP contribution >= 0.6 is 0 Å². The minimum atomic E-state index is -1.03. The highest BCUT2D eigenvalue weighted by Gasteiger charge is 2.72. The number of carbonyl (C=O) groups is 3. The van der Waals surface area contributed by atoms with Gasteiger partial charge in [0.05, 0.1) is 17.9 Å². The largest absolute Gasteiger partial charge is 0.359 e. The molecule has 0 aromatic rings. The van der Waals surface area contributed by atoms with E-state index < -0.39 is 29.6 Å². The molecular formula is C25H37N3O4. The van der Waals surface area contributed by atoms with Gasteiger partial charge in [-0.1, -0.05) is 58.1 Å². The fourth-order valence-electron chi connectivity index (χ4n) is 6.75. The second-order valence-electron chi connectivity index (χ2n) is 10.9. The molecule has 176 valence electrons. The highest BCUT2D eigenvalue weighted by Crippen LogP contribution is 2.55. The third-order valence-corrected chi connectivity index (χ3v) is 8.14. The summed E-state index contributed by atoms with van der Waals surface area (Å²) in [6.07, 6.45) is 13.1. The molecule has 3 amide bonds. The molecule has 5 rings (SSSR count). The summed E-state index contributed by atoms with van der Waals surface area (Å²) < 4.78 is 6.39. The number of rotatable bonds is 6. The van der Waals surface area contributed by atoms with Gasteiger partial charge in [0, 0.05) is 18.6 Å². The molecule has 3 aliphatic heterocycles. The first-order valence-electron chi connectivity index (χ1n) is 12.7. The van der Waals surface area contributed by atoms with E-state index in [1.54, 1.807) is 4.90 Å². The zero-order valence-corrected chi connectivity index (χ0v) is 19.3. The smallest absolute Gasteiger partial charge is 0.246 e. The van der Waals surface area contributed by atoms with Crippen LogP contribution in [0, 0.1) is 17.8 Å². The minimum absolute atomic E-state index is 0.0900. The van der Waals surface area contributed by atoms with Gasteiger partial charge in [-0.25, -0.2) is 0 Å². The van der Waals surface area contributed by atoms with E-state index in [-0.39, 0.29) is 35.7 Å². The van der Waals surface area contributed by atoms with Crippen LogP contribution in [0.25, 0.3) is 0 Å². The summed E-state index contributed by atoms with van der Waals surface area (Å²) in [5.74, 6) is -1.31. The number of nitrogens with zero attached hydrogens (tertiary/aromatic N) is 1. The van der Waals surface area contributed by atoms with E-state index in [0.717, 1.165) is 51.4 Å². The molecule has 32 heavy (non-hydrogen) atoms. The van der Waals surface area contributed by atoms with Crippen LogP contribution in [0.1, 0.15) is 71.6 Å². The molecule has 4 fully saturated rings. The molecule has 0 radical (unpaired) electrons. The summed E-state index contributed by atoms with van der Waals surface area (Å²) in [5, 5.41) is 6.41. The summed E-state index contributed by atoms with van der Waals surface area (Å²) in [4.78, 5) is 42.3. The zero-order valence-electron chi connectivity index (χ0n) is 19.3. The highest BCUT2D eigenvalue weighted by molar-refractivity contribution is 6.00. The first kappa shape index (κ1) is 21.9. The van der Waals surface area contributed by atoms with Crippen LogP contribution in [0.5, 0.6) is 0 Å². The molecule has 5 atom stereocenters. The monoisotopic (exact) mass is 443 g/mol. The van der Waals surface area contributed by atoms with Crippen molar-refractivity contribution in [2.75, 3.05) is 6.54 Å². The molecule has 2 bridgehead atoms. The Morgan fingerprint density at radius 1 is 1.03 bits per heavy atom. The van der Waals surface area contributed by atoms with E-state index in [2.05, 4.69) is 10.6 Å². The summed E-state index contributed by atoms with van der Waals surface area (Å²) in [7, 11) is 0. The molecule has 3 heterocycles. The second-order valence-corrected chi connectivity index (χ2v) is 10.9. The van der Waals surface area contributed by atoms with Crippen LogP contribution in [-0.4, -0.2) is 59.0 Å². The van der Waals surface area contributed by atoms with Crippen LogP contribution in [0.2, 0.25) is 0 Å². The quantitative estimate of drug-likeness (QED) is 0.617. The fourth-order valence-corrected chi connectivity index (χ4v) is 6.75. The Hall–Kier alpha value is -1.89. The van der Waals surface area contributed by atoms with Crippen molar-refractivity contribution in [1.82, 2.24) is 15.5 Å². The third kappa shape index (κ3) is 3.57. The van der Waals surface area contributed by atoms with Gasteiger partial charge in [-0.2, -0.15) is 0 Å². The van der Waals surface area contributed by atoms with E-state index in [1.165, 1.54) is 6.42 Å². The van der Waals surface area contributed by atoms with E-state index in [4.69, 9.17) is 4.74 Å². The Labute approximate surface area is 190 Å². The van der Waals surface area contributed by atoms with Crippen molar-refractivity contribution in [1.29, 1.82) is 0 Å². The number of fused-ring (bicyclic) bond motifs is 1. The molecule has 5 aliphatic rings. The molecule has 0 aromatic heterocycles. The van der Waals surface area contributed by atoms with Gasteiger partial charge in [-0.3, -0.25) is 14.4 Å². The Morgan fingerprint density at radius 3 is 2.25 bits per heavy atom. The number of hydrogen-bond acceptors (Lipinski definition) is 4. The van der Waals surface area contributed by atoms with E-state index in [9.17, 15) is 14.4 Å². The van der Waals surface area contributed by atoms with E-state index in [0.29, 0.717) is 6.54 Å². The minimum Gasteiger partial charge on any atom is -0.359 e. The molecule has 2 saturated carbocycles. The maximum Gasteiger partial charge on any atom is 0.246 e. The Bertz CT molecular complexity index is 799. The summed E-state index contributed by atoms with van der Waals surface area (Å²) in [6.45, 7) is 4.58. The Morgan fingerprint density at radius 2 is 1.62 bits per heavy atom. The molecule has 0 aromatic carbocycles. The van der Waals surface area contributed by atoms with Gasteiger partial charge >= 0.3 is 0 Å². The van der Waals surface area contributed by atoms with Gasteiger partial charge in [0.15, 0.2) is 0 Å². The number of carbonyl (C=O) groups excluding carboxylic acids is 3. The van der Waals surface area contributed by atoms with Crippen LogP contribution < -0.4 is 10.6 Å². The first-order chi connectivity index (χ1) is 15.4. The van der Waals surface area contributed by atoms with Crippen molar-refractivity contribution in [3.8, 4) is 0 Å². The summed E-state index contributed by atoms with van der Waals surface area (Å²) >= 11 is 0. The van der Waals surface area contributed by atoms with Crippen molar-refractivity contribution < 1.29 is 19.1 Å². The number of nitrogens with one attached hydrogen (secondary N) is 2. The highest BCUT2D eigenvalue weighted by atomic mass is 16.5. The maximum absolute atomic E-state index is 13.7. The average molecular weight is 444 g/mol. The fraction of sp³-hybridized carbons (Fsp3) is 0.800. The molecule has 7 nitrogen and oxygen atoms in total. The Balaban J connectivity index is 1.41. The standard InChI is InChI=1S/C25H37N3O4/c1-15(2)14-28-21(23(30)27-17-10-6-7-11-17)25-13-12-18(32-25)19(20(25)24(28)31)22(29)26-16-8-4-3-5-9-16/h12-13,15-21H,3-11,14H2,1-2H3,(H,26,29)(H,27,30)/t18-,19+,20+,21+,25+/m1/s1. The number of likely N-dealkylation sites (tertiary alicyclic amines) is 1. The van der Waals surface area contributed by atoms with Crippen molar-refractivity contribution >= 4 is 17.7 Å². The predicted molar refractivity (Wildman–Crippen MR) is 119 cm³/mol. The van der Waals surface area contributed by atoms with E-state index in [1.807, 2.05) is 26.0 Å². The lowest BCUT2D eigenvalue weighted by Crippen LogP contribution is -2.56. The topological polar surface area (TPSA) is 87.7 Å². The summed E-state index contributed by atoms with van der Waals surface area (Å²) in [5.41, 5.74) is -1.03. The third-order valence-electron chi connectivity index (χ3n) is 8.14. The number of amides is 3. The van der Waals surface area contributed by atoms with Gasteiger partial charge in [0.2, 0.25) is 17.7 Å². The van der Waals surface area contributed by atoms with Crippen LogP contribution in [0.3, 0.4) is 0 Å². The Kier molecular flexibility index (Phi) is 5.81. The lowest BCUT2D eigenvalue weighted by Gasteiger charge is -2.33. The maximum atomic E-state index is 13.7. The molecule has 2 saturated heterocycles. The van der Waals surface area contributed by atoms with Gasteiger partial charge in [0.25, 0.3) is 0 Å². The van der Waals surface area contributed by atoms with Gasteiger partial charge in [0.1, 0.15) is 11.6 Å². The molecule has 7 heteroatoms. The van der Waals surface area contributed by atoms with Gasteiger partial charge in [-0.05, 0) is 31.6 Å². The van der Waals surface area contributed by atoms with Crippen molar-refractivity contribution in [2.24, 2.45) is 17.8 Å². The van der Waals surface area contributed by atoms with Crippen molar-refractivity contribution in [3.63, 3.8) is 0 Å². The predicted octanol–water partition coefficient (Wildman–Crippen LogP) is 2.30. The molecular weight excluding hydrogens is 406 g/mol. The lowest BCUT2D eigenvalue weighted by molar-refractivity contribution is -0.142. The molecule has 0 unspecified atom stereocenters. The first-order valence-corrected chi connectivity index (χ1v) is 12.7. The van der Waals surface area contributed by atoms with Gasteiger partial charge in [-0.15, -0.1) is 0 Å². The van der Waals surface area contributed by atoms with Crippen LogP contribution in [0.15, 0.2) is 12.2 Å².